The van der Waals surface area contributed by atoms with Gasteiger partial charge in [0.25, 0.3) is 0 Å². The van der Waals surface area contributed by atoms with E-state index in [4.69, 9.17) is 4.52 Å². The highest BCUT2D eigenvalue weighted by atomic mass is 79.9. The fraction of sp³-hybridized carbons (Fsp3) is 0.125. The van der Waals surface area contributed by atoms with Gasteiger partial charge in [-0.05, 0) is 35.0 Å². The first-order valence-corrected chi connectivity index (χ1v) is 4.19. The quantitative estimate of drug-likeness (QED) is 0.695. The number of halogens is 2. The van der Waals surface area contributed by atoms with Gasteiger partial charge in [-0.3, -0.25) is 0 Å². The first-order valence-electron chi connectivity index (χ1n) is 3.40. The Balaban J connectivity index is 2.93. The molecule has 0 saturated carbocycles. The largest absolute Gasteiger partial charge is 0.353 e. The first-order chi connectivity index (χ1) is 5.70. The van der Waals surface area contributed by atoms with Gasteiger partial charge < -0.3 is 4.52 Å². The lowest BCUT2D eigenvalue weighted by atomic mass is 10.2. The van der Waals surface area contributed by atoms with Crippen LogP contribution in [0.4, 0.5) is 4.39 Å². The smallest absolute Gasteiger partial charge is 0.203 e. The molecule has 0 fully saturated rings. The number of nitrogens with zero attached hydrogens (tertiary/aromatic N) is 1. The van der Waals surface area contributed by atoms with Crippen LogP contribution in [0, 0.1) is 12.7 Å². The molecule has 0 N–H and O–H groups in total. The summed E-state index contributed by atoms with van der Waals surface area (Å²) in [6, 6.07) is 3.41. The van der Waals surface area contributed by atoms with Crippen molar-refractivity contribution < 1.29 is 8.91 Å². The molecule has 0 radical (unpaired) electrons. The van der Waals surface area contributed by atoms with Crippen LogP contribution in [-0.4, -0.2) is 5.16 Å². The second kappa shape index (κ2) is 2.55. The van der Waals surface area contributed by atoms with Gasteiger partial charge in [0.2, 0.25) is 5.58 Å². The molecule has 0 spiro atoms. The normalized spacial score (nSPS) is 10.9. The summed E-state index contributed by atoms with van der Waals surface area (Å²) in [6.45, 7) is 1.78. The van der Waals surface area contributed by atoms with E-state index in [9.17, 15) is 4.39 Å². The molecule has 2 aromatic rings. The van der Waals surface area contributed by atoms with Crippen molar-refractivity contribution in [2.24, 2.45) is 0 Å². The third kappa shape index (κ3) is 0.948. The molecule has 0 aliphatic rings. The van der Waals surface area contributed by atoms with Gasteiger partial charge in [-0.1, -0.05) is 5.16 Å². The van der Waals surface area contributed by atoms with Crippen molar-refractivity contribution >= 4 is 26.9 Å². The Kier molecular flexibility index (Phi) is 1.65. The van der Waals surface area contributed by atoms with Crippen LogP contribution in [-0.2, 0) is 0 Å². The fourth-order valence-corrected chi connectivity index (χ4v) is 1.38. The molecule has 1 aromatic heterocycles. The Bertz CT molecular complexity index is 438. The summed E-state index contributed by atoms with van der Waals surface area (Å²) in [5, 5.41) is 4.38. The van der Waals surface area contributed by atoms with Crippen molar-refractivity contribution in [2.45, 2.75) is 6.92 Å². The van der Waals surface area contributed by atoms with E-state index in [0.29, 0.717) is 10.2 Å². The Morgan fingerprint density at radius 1 is 1.50 bits per heavy atom. The Labute approximate surface area is 76.5 Å². The van der Waals surface area contributed by atoms with Crippen LogP contribution in [0.1, 0.15) is 5.69 Å². The van der Waals surface area contributed by atoms with Gasteiger partial charge in [0.15, 0.2) is 5.82 Å². The van der Waals surface area contributed by atoms with Crippen molar-refractivity contribution in [3.05, 3.63) is 28.1 Å². The highest BCUT2D eigenvalue weighted by Gasteiger charge is 2.11. The number of benzene rings is 1. The van der Waals surface area contributed by atoms with E-state index in [2.05, 4.69) is 21.1 Å². The molecular weight excluding hydrogens is 225 g/mol. The number of fused-ring (bicyclic) bond motifs is 1. The average molecular weight is 230 g/mol. The maximum atomic E-state index is 13.2. The minimum atomic E-state index is -0.395. The predicted octanol–water partition coefficient (Wildman–Crippen LogP) is 3.04. The van der Waals surface area contributed by atoms with Gasteiger partial charge in [-0.15, -0.1) is 0 Å². The summed E-state index contributed by atoms with van der Waals surface area (Å²) in [5.74, 6) is -0.395. The van der Waals surface area contributed by atoms with Crippen LogP contribution in [0.3, 0.4) is 0 Å². The third-order valence-corrected chi connectivity index (χ3v) is 2.33. The number of hydrogen-bond acceptors (Lipinski definition) is 2. The van der Waals surface area contributed by atoms with E-state index in [0.717, 1.165) is 5.39 Å². The first kappa shape index (κ1) is 7.73. The van der Waals surface area contributed by atoms with Crippen LogP contribution in [0.5, 0.6) is 0 Å². The predicted molar refractivity (Wildman–Crippen MR) is 46.4 cm³/mol. The minimum Gasteiger partial charge on any atom is -0.353 e. The lowest BCUT2D eigenvalue weighted by Crippen LogP contribution is -1.77. The summed E-state index contributed by atoms with van der Waals surface area (Å²) in [5.41, 5.74) is 0.915. The molecule has 2 rings (SSSR count). The second-order valence-electron chi connectivity index (χ2n) is 2.51. The molecule has 2 nitrogen and oxygen atoms in total. The van der Waals surface area contributed by atoms with Crippen molar-refractivity contribution in [3.63, 3.8) is 0 Å². The summed E-state index contributed by atoms with van der Waals surface area (Å²) >= 11 is 3.06. The van der Waals surface area contributed by atoms with Crippen molar-refractivity contribution in [2.75, 3.05) is 0 Å². The van der Waals surface area contributed by atoms with Crippen LogP contribution < -0.4 is 0 Å². The van der Waals surface area contributed by atoms with Crippen LogP contribution in [0.25, 0.3) is 11.0 Å². The van der Waals surface area contributed by atoms with Gasteiger partial charge >= 0.3 is 0 Å². The number of rotatable bonds is 0. The van der Waals surface area contributed by atoms with Crippen molar-refractivity contribution in [1.29, 1.82) is 0 Å². The minimum absolute atomic E-state index is 0.210. The van der Waals surface area contributed by atoms with Crippen molar-refractivity contribution in [3.8, 4) is 0 Å². The Morgan fingerprint density at radius 2 is 2.25 bits per heavy atom. The average Bonchev–Trinajstić information content (AvgIpc) is 2.41. The molecule has 0 bridgehead atoms. The highest BCUT2D eigenvalue weighted by molar-refractivity contribution is 9.10. The lowest BCUT2D eigenvalue weighted by molar-refractivity contribution is 0.434. The number of aryl methyl sites for hydroxylation is 1. The molecule has 62 valence electrons. The van der Waals surface area contributed by atoms with Gasteiger partial charge in [0.05, 0.1) is 10.2 Å². The third-order valence-electron chi connectivity index (χ3n) is 1.71. The van der Waals surface area contributed by atoms with E-state index in [1.54, 1.807) is 19.1 Å². The van der Waals surface area contributed by atoms with E-state index in [-0.39, 0.29) is 5.58 Å². The van der Waals surface area contributed by atoms with Gasteiger partial charge in [-0.25, -0.2) is 4.39 Å². The molecule has 0 unspecified atom stereocenters. The standard InChI is InChI=1S/C8H5BrFNO/c1-4-5-2-3-6(9)7(10)8(5)12-11-4/h2-3H,1H3. The molecule has 12 heavy (non-hydrogen) atoms. The number of aromatic nitrogens is 1. The monoisotopic (exact) mass is 229 g/mol. The van der Waals surface area contributed by atoms with E-state index in [1.807, 2.05) is 0 Å². The van der Waals surface area contributed by atoms with Crippen LogP contribution in [0.15, 0.2) is 21.1 Å². The molecule has 1 heterocycles. The SMILES string of the molecule is Cc1noc2c(F)c(Br)ccc12. The van der Waals surface area contributed by atoms with Crippen molar-refractivity contribution in [1.82, 2.24) is 5.16 Å². The molecule has 0 amide bonds. The Hall–Kier alpha value is -0.900. The maximum absolute atomic E-state index is 13.2. The number of hydrogen-bond donors (Lipinski definition) is 0. The Morgan fingerprint density at radius 3 is 3.00 bits per heavy atom. The lowest BCUT2D eigenvalue weighted by Gasteiger charge is -1.92. The molecule has 4 heteroatoms. The summed E-state index contributed by atoms with van der Waals surface area (Å²) < 4.78 is 18.4. The molecule has 0 atom stereocenters. The highest BCUT2D eigenvalue weighted by Crippen LogP contribution is 2.26. The van der Waals surface area contributed by atoms with Gasteiger partial charge in [0, 0.05) is 5.39 Å². The zero-order chi connectivity index (χ0) is 8.72. The molecule has 0 saturated heterocycles. The summed E-state index contributed by atoms with van der Waals surface area (Å²) in [7, 11) is 0. The second-order valence-corrected chi connectivity index (χ2v) is 3.36. The van der Waals surface area contributed by atoms with E-state index < -0.39 is 5.82 Å². The van der Waals surface area contributed by atoms with Gasteiger partial charge in [-0.2, -0.15) is 0 Å². The maximum Gasteiger partial charge on any atom is 0.203 e. The van der Waals surface area contributed by atoms with E-state index in [1.165, 1.54) is 0 Å². The molecule has 1 aromatic carbocycles. The summed E-state index contributed by atoms with van der Waals surface area (Å²) in [6.07, 6.45) is 0. The van der Waals surface area contributed by atoms with Crippen LogP contribution >= 0.6 is 15.9 Å². The molecule has 0 aliphatic heterocycles. The zero-order valence-electron chi connectivity index (χ0n) is 6.27. The topological polar surface area (TPSA) is 26.0 Å². The molecular formula is C8H5BrFNO. The van der Waals surface area contributed by atoms with Gasteiger partial charge in [0.1, 0.15) is 0 Å². The zero-order valence-corrected chi connectivity index (χ0v) is 7.85. The van der Waals surface area contributed by atoms with Crippen LogP contribution in [0.2, 0.25) is 0 Å². The summed E-state index contributed by atoms with van der Waals surface area (Å²) in [4.78, 5) is 0. The van der Waals surface area contributed by atoms with E-state index >= 15 is 0 Å². The molecule has 0 aliphatic carbocycles. The fourth-order valence-electron chi connectivity index (χ4n) is 1.07.